The predicted octanol–water partition coefficient (Wildman–Crippen LogP) is 3.06. The summed E-state index contributed by atoms with van der Waals surface area (Å²) in [7, 11) is 0. The summed E-state index contributed by atoms with van der Waals surface area (Å²) in [5.41, 5.74) is 1.47. The van der Waals surface area contributed by atoms with Gasteiger partial charge in [0, 0.05) is 11.3 Å². The molecule has 0 aliphatic heterocycles. The minimum Gasteiger partial charge on any atom is -0.484 e. The van der Waals surface area contributed by atoms with E-state index in [4.69, 9.17) is 9.26 Å². The van der Waals surface area contributed by atoms with Crippen molar-refractivity contribution in [2.45, 2.75) is 6.92 Å². The minimum atomic E-state index is -0.227. The third-order valence-corrected chi connectivity index (χ3v) is 3.06. The zero-order chi connectivity index (χ0) is 16.1. The Bertz CT molecular complexity index is 782. The number of carbonyl (C=O) groups is 1. The lowest BCUT2D eigenvalue weighted by Crippen LogP contribution is -2.20. The van der Waals surface area contributed by atoms with Crippen LogP contribution in [0.1, 0.15) is 5.82 Å². The molecule has 0 aliphatic carbocycles. The number of nitrogens with zero attached hydrogens (tertiary/aromatic N) is 2. The highest BCUT2D eigenvalue weighted by atomic mass is 16.5. The highest BCUT2D eigenvalue weighted by molar-refractivity contribution is 5.92. The average molecular weight is 309 g/mol. The van der Waals surface area contributed by atoms with Crippen molar-refractivity contribution in [1.29, 1.82) is 0 Å². The van der Waals surface area contributed by atoms with E-state index in [9.17, 15) is 4.79 Å². The summed E-state index contributed by atoms with van der Waals surface area (Å²) in [5.74, 6) is 1.46. The number of carbonyl (C=O) groups excluding carboxylic acids is 1. The Morgan fingerprint density at radius 3 is 2.52 bits per heavy atom. The highest BCUT2D eigenvalue weighted by Gasteiger charge is 2.07. The normalized spacial score (nSPS) is 10.3. The van der Waals surface area contributed by atoms with Gasteiger partial charge < -0.3 is 14.6 Å². The molecule has 23 heavy (non-hydrogen) atoms. The van der Waals surface area contributed by atoms with Crippen LogP contribution in [-0.2, 0) is 4.79 Å². The number of benzene rings is 2. The van der Waals surface area contributed by atoms with E-state index in [2.05, 4.69) is 15.5 Å². The molecule has 0 fully saturated rings. The van der Waals surface area contributed by atoms with Gasteiger partial charge in [0.2, 0.25) is 0 Å². The molecule has 116 valence electrons. The van der Waals surface area contributed by atoms with Gasteiger partial charge in [-0.1, -0.05) is 23.4 Å². The number of aromatic nitrogens is 2. The van der Waals surface area contributed by atoms with Crippen molar-refractivity contribution in [1.82, 2.24) is 10.1 Å². The zero-order valence-electron chi connectivity index (χ0n) is 12.5. The first-order chi connectivity index (χ1) is 11.2. The molecule has 1 N–H and O–H groups in total. The Morgan fingerprint density at radius 2 is 1.87 bits per heavy atom. The van der Waals surface area contributed by atoms with Crippen LogP contribution in [0.3, 0.4) is 0 Å². The van der Waals surface area contributed by atoms with Crippen molar-refractivity contribution in [2.24, 2.45) is 0 Å². The molecule has 0 spiro atoms. The largest absolute Gasteiger partial charge is 0.484 e. The summed E-state index contributed by atoms with van der Waals surface area (Å²) in [5, 5.41) is 6.51. The molecular formula is C17H15N3O3. The van der Waals surface area contributed by atoms with Crippen LogP contribution < -0.4 is 10.1 Å². The summed E-state index contributed by atoms with van der Waals surface area (Å²) in [6, 6.07) is 16.4. The van der Waals surface area contributed by atoms with Crippen molar-refractivity contribution >= 4 is 11.6 Å². The molecule has 6 nitrogen and oxygen atoms in total. The molecule has 0 unspecified atom stereocenters. The molecule has 6 heteroatoms. The SMILES string of the molecule is Cc1noc(-c2ccc(NC(=O)COc3ccccc3)cc2)n1. The van der Waals surface area contributed by atoms with Gasteiger partial charge in [-0.2, -0.15) is 4.98 Å². The van der Waals surface area contributed by atoms with E-state index in [1.165, 1.54) is 0 Å². The quantitative estimate of drug-likeness (QED) is 0.783. The van der Waals surface area contributed by atoms with Crippen LogP contribution in [0, 0.1) is 6.92 Å². The molecule has 0 aliphatic rings. The lowest BCUT2D eigenvalue weighted by Gasteiger charge is -2.07. The fourth-order valence-electron chi connectivity index (χ4n) is 1.97. The van der Waals surface area contributed by atoms with Gasteiger partial charge in [0.15, 0.2) is 12.4 Å². The Hall–Kier alpha value is -3.15. The topological polar surface area (TPSA) is 77.2 Å². The van der Waals surface area contributed by atoms with Crippen LogP contribution in [0.4, 0.5) is 5.69 Å². The Balaban J connectivity index is 1.56. The summed E-state index contributed by atoms with van der Waals surface area (Å²) in [6.07, 6.45) is 0. The number of hydrogen-bond donors (Lipinski definition) is 1. The molecular weight excluding hydrogens is 294 g/mol. The van der Waals surface area contributed by atoms with E-state index >= 15 is 0 Å². The molecule has 1 heterocycles. The van der Waals surface area contributed by atoms with Crippen LogP contribution in [0.15, 0.2) is 59.1 Å². The van der Waals surface area contributed by atoms with Gasteiger partial charge in [0.05, 0.1) is 0 Å². The van der Waals surface area contributed by atoms with E-state index in [1.54, 1.807) is 43.3 Å². The molecule has 2 aromatic carbocycles. The fourth-order valence-corrected chi connectivity index (χ4v) is 1.97. The van der Waals surface area contributed by atoms with Crippen LogP contribution in [0.2, 0.25) is 0 Å². The molecule has 1 aromatic heterocycles. The van der Waals surface area contributed by atoms with Gasteiger partial charge in [-0.25, -0.2) is 0 Å². The van der Waals surface area contributed by atoms with Gasteiger partial charge in [-0.3, -0.25) is 4.79 Å². The Labute approximate surface area is 133 Å². The summed E-state index contributed by atoms with van der Waals surface area (Å²) in [4.78, 5) is 16.0. The number of ether oxygens (including phenoxy) is 1. The predicted molar refractivity (Wildman–Crippen MR) is 85.0 cm³/mol. The number of rotatable bonds is 5. The van der Waals surface area contributed by atoms with Crippen molar-refractivity contribution in [2.75, 3.05) is 11.9 Å². The maximum absolute atomic E-state index is 11.9. The van der Waals surface area contributed by atoms with Crippen molar-refractivity contribution in [3.05, 3.63) is 60.4 Å². The summed E-state index contributed by atoms with van der Waals surface area (Å²) >= 11 is 0. The second-order valence-electron chi connectivity index (χ2n) is 4.87. The molecule has 0 atom stereocenters. The average Bonchev–Trinajstić information content (AvgIpc) is 3.01. The van der Waals surface area contributed by atoms with Gasteiger partial charge >= 0.3 is 0 Å². The molecule has 1 amide bonds. The zero-order valence-corrected chi connectivity index (χ0v) is 12.5. The molecule has 3 aromatic rings. The van der Waals surface area contributed by atoms with Gasteiger partial charge in [0.25, 0.3) is 11.8 Å². The van der Waals surface area contributed by atoms with Crippen LogP contribution in [-0.4, -0.2) is 22.7 Å². The van der Waals surface area contributed by atoms with Crippen molar-refractivity contribution in [3.8, 4) is 17.2 Å². The number of anilines is 1. The van der Waals surface area contributed by atoms with E-state index in [0.717, 1.165) is 5.56 Å². The molecule has 0 saturated heterocycles. The first kappa shape index (κ1) is 14.8. The van der Waals surface area contributed by atoms with Gasteiger partial charge in [-0.05, 0) is 43.3 Å². The number of aryl methyl sites for hydroxylation is 1. The number of nitrogens with one attached hydrogen (secondary N) is 1. The van der Waals surface area contributed by atoms with Crippen LogP contribution in [0.5, 0.6) is 5.75 Å². The second kappa shape index (κ2) is 6.74. The third kappa shape index (κ3) is 3.94. The maximum atomic E-state index is 11.9. The maximum Gasteiger partial charge on any atom is 0.262 e. The smallest absolute Gasteiger partial charge is 0.262 e. The monoisotopic (exact) mass is 309 g/mol. The van der Waals surface area contributed by atoms with Crippen molar-refractivity contribution in [3.63, 3.8) is 0 Å². The van der Waals surface area contributed by atoms with E-state index < -0.39 is 0 Å². The van der Waals surface area contributed by atoms with E-state index in [1.807, 2.05) is 18.2 Å². The first-order valence-electron chi connectivity index (χ1n) is 7.09. The van der Waals surface area contributed by atoms with E-state index in [-0.39, 0.29) is 12.5 Å². The lowest BCUT2D eigenvalue weighted by molar-refractivity contribution is -0.118. The number of para-hydroxylation sites is 1. The first-order valence-corrected chi connectivity index (χ1v) is 7.09. The van der Waals surface area contributed by atoms with Gasteiger partial charge in [0.1, 0.15) is 5.75 Å². The summed E-state index contributed by atoms with van der Waals surface area (Å²) < 4.78 is 10.5. The van der Waals surface area contributed by atoms with Crippen LogP contribution in [0.25, 0.3) is 11.5 Å². The lowest BCUT2D eigenvalue weighted by atomic mass is 10.2. The van der Waals surface area contributed by atoms with Crippen LogP contribution >= 0.6 is 0 Å². The standard InChI is InChI=1S/C17H15N3O3/c1-12-18-17(23-20-12)13-7-9-14(10-8-13)19-16(21)11-22-15-5-3-2-4-6-15/h2-10H,11H2,1H3,(H,19,21). The van der Waals surface area contributed by atoms with E-state index in [0.29, 0.717) is 23.2 Å². The van der Waals surface area contributed by atoms with Crippen molar-refractivity contribution < 1.29 is 14.1 Å². The fraction of sp³-hybridized carbons (Fsp3) is 0.118. The molecule has 3 rings (SSSR count). The second-order valence-corrected chi connectivity index (χ2v) is 4.87. The molecule has 0 radical (unpaired) electrons. The highest BCUT2D eigenvalue weighted by Crippen LogP contribution is 2.19. The number of amides is 1. The Kier molecular flexibility index (Phi) is 4.33. The van der Waals surface area contributed by atoms with Gasteiger partial charge in [-0.15, -0.1) is 0 Å². The molecule has 0 saturated carbocycles. The number of hydrogen-bond acceptors (Lipinski definition) is 5. The third-order valence-electron chi connectivity index (χ3n) is 3.06. The minimum absolute atomic E-state index is 0.0470. The molecule has 0 bridgehead atoms. The Morgan fingerprint density at radius 1 is 1.13 bits per heavy atom. The summed E-state index contributed by atoms with van der Waals surface area (Å²) in [6.45, 7) is 1.71.